The maximum Gasteiger partial charge on any atom is 0.316 e. The van der Waals surface area contributed by atoms with E-state index in [1.54, 1.807) is 47.4 Å². The molecule has 3 aromatic carbocycles. The number of esters is 1. The number of benzene rings is 3. The summed E-state index contributed by atoms with van der Waals surface area (Å²) in [4.78, 5) is 53.4. The summed E-state index contributed by atoms with van der Waals surface area (Å²) in [5.74, 6) is -1.92. The van der Waals surface area contributed by atoms with Crippen LogP contribution in [0, 0.1) is 12.8 Å². The second-order valence-corrected chi connectivity index (χ2v) is 8.15. The molecule has 1 atom stereocenters. The van der Waals surface area contributed by atoms with Crippen LogP contribution < -0.4 is 14.5 Å². The zero-order valence-electron chi connectivity index (χ0n) is 17.9. The molecule has 7 nitrogen and oxygen atoms in total. The van der Waals surface area contributed by atoms with Crippen LogP contribution in [0.2, 0.25) is 0 Å². The number of anilines is 2. The summed E-state index contributed by atoms with van der Waals surface area (Å²) >= 11 is 0. The first-order chi connectivity index (χ1) is 15.9. The molecule has 33 heavy (non-hydrogen) atoms. The summed E-state index contributed by atoms with van der Waals surface area (Å²) < 4.78 is 5.54. The summed E-state index contributed by atoms with van der Waals surface area (Å²) in [6.45, 7) is 2.18. The Morgan fingerprint density at radius 1 is 0.848 bits per heavy atom. The van der Waals surface area contributed by atoms with Crippen molar-refractivity contribution < 1.29 is 23.9 Å². The summed E-state index contributed by atoms with van der Waals surface area (Å²) in [6, 6.07) is 20.4. The first-order valence-electron chi connectivity index (χ1n) is 10.6. The van der Waals surface area contributed by atoms with Crippen LogP contribution in [-0.4, -0.2) is 30.2 Å². The fraction of sp³-hybridized carbons (Fsp3) is 0.154. The third kappa shape index (κ3) is 3.67. The molecule has 0 aliphatic carbocycles. The molecule has 5 rings (SSSR count). The second kappa shape index (κ2) is 8.02. The first kappa shape index (κ1) is 20.6. The van der Waals surface area contributed by atoms with E-state index >= 15 is 0 Å². The number of nitrogens with zero attached hydrogens (tertiary/aromatic N) is 2. The number of hydrogen-bond acceptors (Lipinski definition) is 5. The lowest BCUT2D eigenvalue weighted by atomic mass is 10.1. The van der Waals surface area contributed by atoms with Crippen LogP contribution in [0.3, 0.4) is 0 Å². The molecule has 2 heterocycles. The van der Waals surface area contributed by atoms with Crippen molar-refractivity contribution in [3.05, 3.63) is 89.5 Å². The Morgan fingerprint density at radius 2 is 1.52 bits per heavy atom. The highest BCUT2D eigenvalue weighted by Crippen LogP contribution is 2.31. The van der Waals surface area contributed by atoms with E-state index in [-0.39, 0.29) is 24.6 Å². The minimum absolute atomic E-state index is 0.0604. The largest absolute Gasteiger partial charge is 0.426 e. The van der Waals surface area contributed by atoms with E-state index in [0.29, 0.717) is 16.8 Å². The van der Waals surface area contributed by atoms with Gasteiger partial charge in [0, 0.05) is 24.7 Å². The lowest BCUT2D eigenvalue weighted by molar-refractivity contribution is -0.139. The molecule has 0 spiro atoms. The third-order valence-electron chi connectivity index (χ3n) is 5.86. The monoisotopic (exact) mass is 440 g/mol. The van der Waals surface area contributed by atoms with E-state index in [0.717, 1.165) is 16.2 Å². The predicted molar refractivity (Wildman–Crippen MR) is 121 cm³/mol. The Kier molecular flexibility index (Phi) is 5.01. The molecule has 1 fully saturated rings. The summed E-state index contributed by atoms with van der Waals surface area (Å²) in [6.07, 6.45) is 0.0604. The third-order valence-corrected chi connectivity index (χ3v) is 5.86. The molecule has 0 unspecified atom stereocenters. The summed E-state index contributed by atoms with van der Waals surface area (Å²) in [5, 5.41) is 0. The van der Waals surface area contributed by atoms with Crippen LogP contribution in [0.4, 0.5) is 11.4 Å². The van der Waals surface area contributed by atoms with Crippen molar-refractivity contribution in [1.29, 1.82) is 0 Å². The average Bonchev–Trinajstić information content (AvgIpc) is 3.32. The maximum absolute atomic E-state index is 12.8. The highest BCUT2D eigenvalue weighted by atomic mass is 16.5. The quantitative estimate of drug-likeness (QED) is 0.351. The highest BCUT2D eigenvalue weighted by molar-refractivity contribution is 6.34. The number of fused-ring (bicyclic) bond motifs is 1. The smallest absolute Gasteiger partial charge is 0.316 e. The van der Waals surface area contributed by atoms with Crippen molar-refractivity contribution >= 4 is 35.1 Å². The molecule has 1 saturated heterocycles. The molecular formula is C26H20N2O5. The molecule has 2 aliphatic heterocycles. The van der Waals surface area contributed by atoms with Crippen molar-refractivity contribution in [3.63, 3.8) is 0 Å². The van der Waals surface area contributed by atoms with Gasteiger partial charge in [-0.1, -0.05) is 30.3 Å². The fourth-order valence-corrected chi connectivity index (χ4v) is 4.22. The molecule has 3 aromatic rings. The van der Waals surface area contributed by atoms with Gasteiger partial charge in [-0.25, -0.2) is 4.90 Å². The number of carbonyl (C=O) groups is 4. The Bertz CT molecular complexity index is 1280. The number of carbonyl (C=O) groups excluding carboxylic acids is 4. The van der Waals surface area contributed by atoms with Gasteiger partial charge in [0.25, 0.3) is 11.8 Å². The first-order valence-corrected chi connectivity index (χ1v) is 10.6. The SMILES string of the molecule is Cc1cccc(N2C[C@@H](C(=O)Oc3cccc(N4C(=O)c5ccccc5C4=O)c3)CC2=O)c1. The fourth-order valence-electron chi connectivity index (χ4n) is 4.22. The molecule has 2 aliphatic rings. The van der Waals surface area contributed by atoms with Gasteiger partial charge in [0.05, 0.1) is 22.7 Å². The number of rotatable bonds is 4. The normalized spacial score (nSPS) is 17.5. The molecule has 0 bridgehead atoms. The van der Waals surface area contributed by atoms with Gasteiger partial charge in [0.1, 0.15) is 5.75 Å². The minimum atomic E-state index is -0.610. The maximum atomic E-state index is 12.8. The second-order valence-electron chi connectivity index (χ2n) is 8.15. The van der Waals surface area contributed by atoms with Gasteiger partial charge in [-0.15, -0.1) is 0 Å². The molecule has 0 radical (unpaired) electrons. The van der Waals surface area contributed by atoms with Gasteiger partial charge in [0.15, 0.2) is 0 Å². The molecule has 164 valence electrons. The van der Waals surface area contributed by atoms with Gasteiger partial charge < -0.3 is 9.64 Å². The summed E-state index contributed by atoms with van der Waals surface area (Å²) in [5.41, 5.74) is 2.77. The summed E-state index contributed by atoms with van der Waals surface area (Å²) in [7, 11) is 0. The zero-order valence-corrected chi connectivity index (χ0v) is 17.9. The van der Waals surface area contributed by atoms with Crippen LogP contribution in [0.15, 0.2) is 72.8 Å². The van der Waals surface area contributed by atoms with E-state index in [1.165, 1.54) is 6.07 Å². The number of amides is 3. The van der Waals surface area contributed by atoms with Crippen LogP contribution in [0.5, 0.6) is 5.75 Å². The Balaban J connectivity index is 1.32. The van der Waals surface area contributed by atoms with Crippen molar-refractivity contribution in [2.45, 2.75) is 13.3 Å². The van der Waals surface area contributed by atoms with Gasteiger partial charge in [0.2, 0.25) is 5.91 Å². The Hall–Kier alpha value is -4.26. The minimum Gasteiger partial charge on any atom is -0.426 e. The van der Waals surface area contributed by atoms with E-state index in [2.05, 4.69) is 0 Å². The van der Waals surface area contributed by atoms with Crippen molar-refractivity contribution in [3.8, 4) is 5.75 Å². The van der Waals surface area contributed by atoms with Crippen LogP contribution in [-0.2, 0) is 9.59 Å². The number of aryl methyl sites for hydroxylation is 1. The Labute approximate surface area is 190 Å². The van der Waals surface area contributed by atoms with E-state index in [4.69, 9.17) is 4.74 Å². The average molecular weight is 440 g/mol. The lowest BCUT2D eigenvalue weighted by Gasteiger charge is -2.17. The molecule has 0 aromatic heterocycles. The van der Waals surface area contributed by atoms with Crippen LogP contribution >= 0.6 is 0 Å². The number of ether oxygens (including phenoxy) is 1. The Morgan fingerprint density at radius 3 is 2.21 bits per heavy atom. The van der Waals surface area contributed by atoms with Gasteiger partial charge in [-0.05, 0) is 48.9 Å². The van der Waals surface area contributed by atoms with Gasteiger partial charge in [-0.3, -0.25) is 19.2 Å². The number of imide groups is 1. The molecule has 0 N–H and O–H groups in total. The van der Waals surface area contributed by atoms with Crippen LogP contribution in [0.25, 0.3) is 0 Å². The lowest BCUT2D eigenvalue weighted by Crippen LogP contribution is -2.29. The van der Waals surface area contributed by atoms with Crippen molar-refractivity contribution in [1.82, 2.24) is 0 Å². The molecule has 7 heteroatoms. The topological polar surface area (TPSA) is 84.0 Å². The molecule has 0 saturated carbocycles. The van der Waals surface area contributed by atoms with Gasteiger partial charge >= 0.3 is 5.97 Å². The number of hydrogen-bond donors (Lipinski definition) is 0. The molecule has 3 amide bonds. The van der Waals surface area contributed by atoms with E-state index in [1.807, 2.05) is 31.2 Å². The predicted octanol–water partition coefficient (Wildman–Crippen LogP) is 3.75. The highest BCUT2D eigenvalue weighted by Gasteiger charge is 2.38. The van der Waals surface area contributed by atoms with Crippen LogP contribution in [0.1, 0.15) is 32.7 Å². The van der Waals surface area contributed by atoms with E-state index in [9.17, 15) is 19.2 Å². The zero-order chi connectivity index (χ0) is 23.1. The standard InChI is InChI=1S/C26H20N2O5/c1-16-6-4-7-18(12-16)27-15-17(13-23(27)29)26(32)33-20-9-5-8-19(14-20)28-24(30)21-10-2-3-11-22(21)25(28)31/h2-12,14,17H,13,15H2,1H3/t17-/m0/s1. The van der Waals surface area contributed by atoms with Gasteiger partial charge in [-0.2, -0.15) is 0 Å². The van der Waals surface area contributed by atoms with Crippen molar-refractivity contribution in [2.75, 3.05) is 16.3 Å². The van der Waals surface area contributed by atoms with E-state index < -0.39 is 23.7 Å². The van der Waals surface area contributed by atoms with Crippen molar-refractivity contribution in [2.24, 2.45) is 5.92 Å². The molecular weight excluding hydrogens is 420 g/mol.